The molecular formula is C16H22N2S. The lowest BCUT2D eigenvalue weighted by molar-refractivity contribution is 0.620. The number of rotatable bonds is 4. The monoisotopic (exact) mass is 274 g/mol. The molecule has 2 aromatic rings. The molecule has 1 aromatic carbocycles. The van der Waals surface area contributed by atoms with E-state index in [2.05, 4.69) is 62.4 Å². The molecule has 0 aliphatic carbocycles. The van der Waals surface area contributed by atoms with Crippen molar-refractivity contribution in [2.75, 3.05) is 6.54 Å². The van der Waals surface area contributed by atoms with Gasteiger partial charge in [-0.3, -0.25) is 0 Å². The van der Waals surface area contributed by atoms with Gasteiger partial charge < -0.3 is 5.32 Å². The Bertz CT molecular complexity index is 549. The molecule has 0 spiro atoms. The molecule has 0 fully saturated rings. The summed E-state index contributed by atoms with van der Waals surface area (Å²) >= 11 is 1.74. The first kappa shape index (κ1) is 14.2. The van der Waals surface area contributed by atoms with E-state index < -0.39 is 0 Å². The van der Waals surface area contributed by atoms with Crippen molar-refractivity contribution in [1.82, 2.24) is 10.3 Å². The van der Waals surface area contributed by atoms with Crippen LogP contribution in [0.4, 0.5) is 0 Å². The molecule has 1 atom stereocenters. The van der Waals surface area contributed by atoms with Crippen LogP contribution in [-0.2, 0) is 0 Å². The maximum atomic E-state index is 4.67. The van der Waals surface area contributed by atoms with E-state index in [0.29, 0.717) is 0 Å². The van der Waals surface area contributed by atoms with E-state index in [1.165, 1.54) is 22.3 Å². The summed E-state index contributed by atoms with van der Waals surface area (Å²) in [7, 11) is 0. The van der Waals surface area contributed by atoms with Crippen LogP contribution in [0.5, 0.6) is 0 Å². The SMILES string of the molecule is CCNC(c1nc(C)cs1)c1c(C)cc(C)cc1C. The molecule has 0 saturated heterocycles. The van der Waals surface area contributed by atoms with Gasteiger partial charge in [0.15, 0.2) is 0 Å². The predicted molar refractivity (Wildman–Crippen MR) is 83.0 cm³/mol. The van der Waals surface area contributed by atoms with Crippen molar-refractivity contribution in [2.24, 2.45) is 0 Å². The van der Waals surface area contributed by atoms with Crippen LogP contribution in [0.25, 0.3) is 0 Å². The summed E-state index contributed by atoms with van der Waals surface area (Å²) < 4.78 is 0. The van der Waals surface area contributed by atoms with E-state index in [4.69, 9.17) is 0 Å². The smallest absolute Gasteiger partial charge is 0.114 e. The average Bonchev–Trinajstić information content (AvgIpc) is 2.73. The van der Waals surface area contributed by atoms with Gasteiger partial charge in [-0.25, -0.2) is 4.98 Å². The van der Waals surface area contributed by atoms with E-state index in [0.717, 1.165) is 17.2 Å². The van der Waals surface area contributed by atoms with Crippen molar-refractivity contribution in [3.8, 4) is 0 Å². The number of nitrogens with zero attached hydrogens (tertiary/aromatic N) is 1. The van der Waals surface area contributed by atoms with E-state index in [9.17, 15) is 0 Å². The van der Waals surface area contributed by atoms with Crippen LogP contribution in [0.2, 0.25) is 0 Å². The minimum Gasteiger partial charge on any atom is -0.305 e. The highest BCUT2D eigenvalue weighted by molar-refractivity contribution is 7.09. The number of hydrogen-bond acceptors (Lipinski definition) is 3. The lowest BCUT2D eigenvalue weighted by Crippen LogP contribution is -2.23. The maximum absolute atomic E-state index is 4.67. The molecular weight excluding hydrogens is 252 g/mol. The summed E-state index contributed by atoms with van der Waals surface area (Å²) in [5, 5.41) is 6.86. The first-order valence-corrected chi connectivity index (χ1v) is 7.64. The summed E-state index contributed by atoms with van der Waals surface area (Å²) in [6.45, 7) is 11.7. The van der Waals surface area contributed by atoms with Gasteiger partial charge in [0.2, 0.25) is 0 Å². The zero-order valence-corrected chi connectivity index (χ0v) is 13.2. The van der Waals surface area contributed by atoms with Gasteiger partial charge in [-0.15, -0.1) is 11.3 Å². The number of aromatic nitrogens is 1. The van der Waals surface area contributed by atoms with Gasteiger partial charge in [-0.1, -0.05) is 24.6 Å². The fourth-order valence-corrected chi connectivity index (χ4v) is 3.55. The Morgan fingerprint density at radius 1 is 1.16 bits per heavy atom. The standard InChI is InChI=1S/C16H22N2S/c1-6-17-15(16-18-13(5)9-19-16)14-11(3)7-10(2)8-12(14)4/h7-9,15,17H,6H2,1-5H3. The second-order valence-electron chi connectivity index (χ2n) is 5.13. The summed E-state index contributed by atoms with van der Waals surface area (Å²) in [6, 6.07) is 4.73. The zero-order valence-electron chi connectivity index (χ0n) is 12.4. The first-order chi connectivity index (χ1) is 9.02. The molecule has 2 rings (SSSR count). The molecule has 102 valence electrons. The second kappa shape index (κ2) is 5.85. The van der Waals surface area contributed by atoms with Crippen molar-refractivity contribution in [3.63, 3.8) is 0 Å². The molecule has 2 nitrogen and oxygen atoms in total. The molecule has 19 heavy (non-hydrogen) atoms. The van der Waals surface area contributed by atoms with Gasteiger partial charge >= 0.3 is 0 Å². The normalized spacial score (nSPS) is 12.7. The van der Waals surface area contributed by atoms with Crippen molar-refractivity contribution in [2.45, 2.75) is 40.7 Å². The van der Waals surface area contributed by atoms with Gasteiger partial charge in [0.25, 0.3) is 0 Å². The third-order valence-electron chi connectivity index (χ3n) is 3.32. The van der Waals surface area contributed by atoms with Crippen LogP contribution < -0.4 is 5.32 Å². The minimum atomic E-state index is 0.212. The van der Waals surface area contributed by atoms with Gasteiger partial charge in [-0.2, -0.15) is 0 Å². The summed E-state index contributed by atoms with van der Waals surface area (Å²) in [4.78, 5) is 4.67. The fourth-order valence-electron chi connectivity index (χ4n) is 2.67. The Hall–Kier alpha value is -1.19. The molecule has 0 saturated carbocycles. The maximum Gasteiger partial charge on any atom is 0.114 e. The highest BCUT2D eigenvalue weighted by Gasteiger charge is 2.20. The van der Waals surface area contributed by atoms with Crippen LogP contribution in [0.15, 0.2) is 17.5 Å². The molecule has 1 heterocycles. The largest absolute Gasteiger partial charge is 0.305 e. The molecule has 0 aliphatic heterocycles. The van der Waals surface area contributed by atoms with Crippen molar-refractivity contribution in [1.29, 1.82) is 0 Å². The average molecular weight is 274 g/mol. The van der Waals surface area contributed by atoms with Crippen molar-refractivity contribution >= 4 is 11.3 Å². The Morgan fingerprint density at radius 2 is 1.79 bits per heavy atom. The second-order valence-corrected chi connectivity index (χ2v) is 6.02. The molecule has 1 N–H and O–H groups in total. The van der Waals surface area contributed by atoms with Crippen LogP contribution in [0.1, 0.15) is 45.9 Å². The Morgan fingerprint density at radius 3 is 2.26 bits per heavy atom. The number of thiazole rings is 1. The van der Waals surface area contributed by atoms with Gasteiger partial charge in [0.1, 0.15) is 5.01 Å². The number of aryl methyl sites for hydroxylation is 4. The van der Waals surface area contributed by atoms with Gasteiger partial charge in [-0.05, 0) is 50.9 Å². The molecule has 1 aromatic heterocycles. The van der Waals surface area contributed by atoms with E-state index in [-0.39, 0.29) is 6.04 Å². The van der Waals surface area contributed by atoms with Gasteiger partial charge in [0, 0.05) is 11.1 Å². The first-order valence-electron chi connectivity index (χ1n) is 6.76. The Balaban J connectivity index is 2.51. The molecule has 0 aliphatic rings. The molecule has 3 heteroatoms. The molecule has 0 radical (unpaired) electrons. The highest BCUT2D eigenvalue weighted by Crippen LogP contribution is 2.30. The third kappa shape index (κ3) is 3.04. The number of nitrogens with one attached hydrogen (secondary N) is 1. The van der Waals surface area contributed by atoms with E-state index in [1.807, 2.05) is 0 Å². The molecule has 0 bridgehead atoms. The number of hydrogen-bond donors (Lipinski definition) is 1. The third-order valence-corrected chi connectivity index (χ3v) is 4.35. The predicted octanol–water partition coefficient (Wildman–Crippen LogP) is 4.08. The fraction of sp³-hybridized carbons (Fsp3) is 0.438. The quantitative estimate of drug-likeness (QED) is 0.909. The van der Waals surface area contributed by atoms with Crippen molar-refractivity contribution < 1.29 is 0 Å². The highest BCUT2D eigenvalue weighted by atomic mass is 32.1. The summed E-state index contributed by atoms with van der Waals surface area (Å²) in [6.07, 6.45) is 0. The zero-order chi connectivity index (χ0) is 14.0. The minimum absolute atomic E-state index is 0.212. The molecule has 0 amide bonds. The van der Waals surface area contributed by atoms with Crippen LogP contribution in [0.3, 0.4) is 0 Å². The molecule has 1 unspecified atom stereocenters. The topological polar surface area (TPSA) is 24.9 Å². The van der Waals surface area contributed by atoms with E-state index >= 15 is 0 Å². The van der Waals surface area contributed by atoms with Gasteiger partial charge in [0.05, 0.1) is 6.04 Å². The Labute approximate surface area is 119 Å². The Kier molecular flexibility index (Phi) is 4.38. The van der Waals surface area contributed by atoms with Crippen LogP contribution >= 0.6 is 11.3 Å². The summed E-state index contributed by atoms with van der Waals surface area (Å²) in [5.74, 6) is 0. The number of benzene rings is 1. The van der Waals surface area contributed by atoms with E-state index in [1.54, 1.807) is 11.3 Å². The van der Waals surface area contributed by atoms with Crippen molar-refractivity contribution in [3.05, 3.63) is 50.5 Å². The summed E-state index contributed by atoms with van der Waals surface area (Å²) in [5.41, 5.74) is 6.49. The lowest BCUT2D eigenvalue weighted by Gasteiger charge is -2.21. The van der Waals surface area contributed by atoms with Crippen LogP contribution in [-0.4, -0.2) is 11.5 Å². The lowest BCUT2D eigenvalue weighted by atomic mass is 9.94. The van der Waals surface area contributed by atoms with Crippen LogP contribution in [0, 0.1) is 27.7 Å².